The Hall–Kier alpha value is -0.570. The molecule has 3 heteroatoms. The summed E-state index contributed by atoms with van der Waals surface area (Å²) in [6.45, 7) is 1.94. The molecule has 0 spiro atoms. The Balaban J connectivity index is 1.63. The van der Waals surface area contributed by atoms with Gasteiger partial charge in [-0.05, 0) is 25.3 Å². The number of carbonyl (C=O) groups is 1. The molecule has 0 aromatic rings. The minimum atomic E-state index is 0.111. The van der Waals surface area contributed by atoms with Gasteiger partial charge in [-0.2, -0.15) is 0 Å². The lowest BCUT2D eigenvalue weighted by atomic mass is 9.83. The molecule has 0 aromatic carbocycles. The zero-order chi connectivity index (χ0) is 9.97. The van der Waals surface area contributed by atoms with E-state index in [4.69, 9.17) is 0 Å². The summed E-state index contributed by atoms with van der Waals surface area (Å²) in [7, 11) is 1.88. The second kappa shape index (κ2) is 4.30. The Morgan fingerprint density at radius 1 is 1.43 bits per heavy atom. The Morgan fingerprint density at radius 2 is 2.21 bits per heavy atom. The van der Waals surface area contributed by atoms with E-state index >= 15 is 0 Å². The van der Waals surface area contributed by atoms with Crippen molar-refractivity contribution < 1.29 is 4.79 Å². The summed E-state index contributed by atoms with van der Waals surface area (Å²) in [5.41, 5.74) is 0. The van der Waals surface area contributed by atoms with E-state index in [1.165, 1.54) is 25.7 Å². The van der Waals surface area contributed by atoms with Crippen LogP contribution in [0.25, 0.3) is 0 Å². The molecule has 1 saturated carbocycles. The van der Waals surface area contributed by atoms with Crippen molar-refractivity contribution in [3.05, 3.63) is 0 Å². The van der Waals surface area contributed by atoms with E-state index in [1.807, 2.05) is 11.9 Å². The van der Waals surface area contributed by atoms with Gasteiger partial charge in [0.25, 0.3) is 0 Å². The summed E-state index contributed by atoms with van der Waals surface area (Å²) in [5, 5.41) is 3.37. The van der Waals surface area contributed by atoms with Gasteiger partial charge >= 0.3 is 0 Å². The minimum Gasteiger partial charge on any atom is -0.344 e. The zero-order valence-corrected chi connectivity index (χ0v) is 8.96. The zero-order valence-electron chi connectivity index (χ0n) is 8.96. The van der Waals surface area contributed by atoms with Gasteiger partial charge < -0.3 is 10.2 Å². The Morgan fingerprint density at radius 3 is 2.71 bits per heavy atom. The fourth-order valence-corrected chi connectivity index (χ4v) is 2.25. The first kappa shape index (κ1) is 9.97. The van der Waals surface area contributed by atoms with Crippen molar-refractivity contribution in [3.63, 3.8) is 0 Å². The molecule has 14 heavy (non-hydrogen) atoms. The molecule has 1 heterocycles. The van der Waals surface area contributed by atoms with Gasteiger partial charge in [0.1, 0.15) is 0 Å². The maximum absolute atomic E-state index is 11.5. The van der Waals surface area contributed by atoms with Crippen molar-refractivity contribution in [3.8, 4) is 0 Å². The molecule has 1 aliphatic heterocycles. The van der Waals surface area contributed by atoms with Gasteiger partial charge in [0, 0.05) is 13.6 Å². The van der Waals surface area contributed by atoms with Crippen LogP contribution in [0.5, 0.6) is 0 Å². The smallest absolute Gasteiger partial charge is 0.239 e. The minimum absolute atomic E-state index is 0.111. The van der Waals surface area contributed by atoms with Gasteiger partial charge in [0.05, 0.1) is 6.04 Å². The van der Waals surface area contributed by atoms with E-state index in [9.17, 15) is 4.79 Å². The Bertz CT molecular complexity index is 213. The third kappa shape index (κ3) is 2.08. The molecule has 2 fully saturated rings. The lowest BCUT2D eigenvalue weighted by Gasteiger charge is -2.25. The molecule has 80 valence electrons. The van der Waals surface area contributed by atoms with Crippen LogP contribution in [0.2, 0.25) is 0 Å². The number of likely N-dealkylation sites (N-methyl/N-ethyl adjacent to an activating group) is 1. The molecule has 1 saturated heterocycles. The van der Waals surface area contributed by atoms with Crippen LogP contribution in [0, 0.1) is 5.92 Å². The lowest BCUT2D eigenvalue weighted by molar-refractivity contribution is -0.128. The van der Waals surface area contributed by atoms with E-state index in [1.54, 1.807) is 0 Å². The first-order chi connectivity index (χ1) is 6.77. The summed E-state index contributed by atoms with van der Waals surface area (Å²) < 4.78 is 0. The number of hydrogen-bond donors (Lipinski definition) is 1. The maximum Gasteiger partial charge on any atom is 0.239 e. The van der Waals surface area contributed by atoms with Crippen LogP contribution in [-0.4, -0.2) is 37.0 Å². The highest BCUT2D eigenvalue weighted by molar-refractivity contribution is 5.83. The van der Waals surface area contributed by atoms with Gasteiger partial charge in [-0.1, -0.05) is 19.3 Å². The van der Waals surface area contributed by atoms with Crippen molar-refractivity contribution in [2.75, 3.05) is 20.1 Å². The number of likely N-dealkylation sites (tertiary alicyclic amines) is 1. The predicted octanol–water partition coefficient (Wildman–Crippen LogP) is 0.997. The van der Waals surface area contributed by atoms with Crippen molar-refractivity contribution in [2.45, 2.75) is 38.1 Å². The van der Waals surface area contributed by atoms with Gasteiger partial charge in [0.15, 0.2) is 0 Å². The van der Waals surface area contributed by atoms with Gasteiger partial charge in [-0.3, -0.25) is 4.79 Å². The number of rotatable bonds is 4. The number of amides is 1. The molecular weight excluding hydrogens is 176 g/mol. The quantitative estimate of drug-likeness (QED) is 0.727. The van der Waals surface area contributed by atoms with Crippen molar-refractivity contribution >= 4 is 5.91 Å². The van der Waals surface area contributed by atoms with Crippen LogP contribution in [0.15, 0.2) is 0 Å². The van der Waals surface area contributed by atoms with Gasteiger partial charge in [-0.25, -0.2) is 0 Å². The largest absolute Gasteiger partial charge is 0.344 e. The Labute approximate surface area is 85.8 Å². The molecule has 1 amide bonds. The second-order valence-corrected chi connectivity index (χ2v) is 4.64. The highest BCUT2D eigenvalue weighted by Crippen LogP contribution is 2.28. The number of hydrogen-bond acceptors (Lipinski definition) is 2. The van der Waals surface area contributed by atoms with Crippen molar-refractivity contribution in [1.82, 2.24) is 10.2 Å². The first-order valence-electron chi connectivity index (χ1n) is 5.76. The van der Waals surface area contributed by atoms with Crippen LogP contribution in [0.1, 0.15) is 32.1 Å². The molecule has 0 aromatic heterocycles. The summed E-state index contributed by atoms with van der Waals surface area (Å²) >= 11 is 0. The molecule has 2 aliphatic rings. The second-order valence-electron chi connectivity index (χ2n) is 4.64. The number of nitrogens with one attached hydrogen (secondary N) is 1. The molecular formula is C11H20N2O. The van der Waals surface area contributed by atoms with E-state index in [2.05, 4.69) is 5.32 Å². The van der Waals surface area contributed by atoms with Crippen LogP contribution in [-0.2, 0) is 4.79 Å². The fourth-order valence-electron chi connectivity index (χ4n) is 2.25. The molecule has 0 bridgehead atoms. The molecule has 1 unspecified atom stereocenters. The first-order valence-corrected chi connectivity index (χ1v) is 5.76. The number of nitrogens with zero attached hydrogens (tertiary/aromatic N) is 1. The molecule has 0 radical (unpaired) electrons. The Kier molecular flexibility index (Phi) is 3.06. The third-order valence-corrected chi connectivity index (χ3v) is 3.60. The highest BCUT2D eigenvalue weighted by atomic mass is 16.2. The summed E-state index contributed by atoms with van der Waals surface area (Å²) in [6, 6.07) is 0.111. The average Bonchev–Trinajstić information content (AvgIpc) is 2.40. The highest BCUT2D eigenvalue weighted by Gasteiger charge is 2.28. The van der Waals surface area contributed by atoms with Crippen LogP contribution in [0.3, 0.4) is 0 Å². The monoisotopic (exact) mass is 196 g/mol. The van der Waals surface area contributed by atoms with Crippen molar-refractivity contribution in [1.29, 1.82) is 0 Å². The maximum atomic E-state index is 11.5. The lowest BCUT2D eigenvalue weighted by Crippen LogP contribution is -2.38. The number of carbonyl (C=O) groups excluding carboxylic acids is 1. The van der Waals surface area contributed by atoms with Crippen molar-refractivity contribution in [2.24, 2.45) is 5.92 Å². The van der Waals surface area contributed by atoms with E-state index in [0.717, 1.165) is 25.4 Å². The SMILES string of the molecule is CN1CCC(NCCC2CCC2)C1=O. The average molecular weight is 196 g/mol. The summed E-state index contributed by atoms with van der Waals surface area (Å²) in [6.07, 6.45) is 6.46. The van der Waals surface area contributed by atoms with Crippen LogP contribution in [0.4, 0.5) is 0 Å². The van der Waals surface area contributed by atoms with Gasteiger partial charge in [-0.15, -0.1) is 0 Å². The van der Waals surface area contributed by atoms with Crippen LogP contribution >= 0.6 is 0 Å². The topological polar surface area (TPSA) is 32.3 Å². The molecule has 1 N–H and O–H groups in total. The molecule has 3 nitrogen and oxygen atoms in total. The predicted molar refractivity (Wildman–Crippen MR) is 56.0 cm³/mol. The normalized spacial score (nSPS) is 28.2. The van der Waals surface area contributed by atoms with E-state index in [-0.39, 0.29) is 11.9 Å². The summed E-state index contributed by atoms with van der Waals surface area (Å²) in [4.78, 5) is 13.3. The standard InChI is InChI=1S/C11H20N2O/c1-13-8-6-10(11(13)14)12-7-5-9-3-2-4-9/h9-10,12H,2-8H2,1H3. The van der Waals surface area contributed by atoms with Crippen LogP contribution < -0.4 is 5.32 Å². The van der Waals surface area contributed by atoms with E-state index < -0.39 is 0 Å². The molecule has 1 atom stereocenters. The van der Waals surface area contributed by atoms with Gasteiger partial charge in [0.2, 0.25) is 5.91 Å². The van der Waals surface area contributed by atoms with E-state index in [0.29, 0.717) is 0 Å². The third-order valence-electron chi connectivity index (χ3n) is 3.60. The fraction of sp³-hybridized carbons (Fsp3) is 0.909. The summed E-state index contributed by atoms with van der Waals surface area (Å²) in [5.74, 6) is 1.22. The molecule has 1 aliphatic carbocycles. The molecule has 2 rings (SSSR count).